The Morgan fingerprint density at radius 2 is 1.46 bits per heavy atom. The quantitative estimate of drug-likeness (QED) is 0.458. The van der Waals surface area contributed by atoms with E-state index >= 15 is 0 Å². The summed E-state index contributed by atoms with van der Waals surface area (Å²) in [6, 6.07) is 0. The summed E-state index contributed by atoms with van der Waals surface area (Å²) in [4.78, 5) is 30.4. The van der Waals surface area contributed by atoms with E-state index in [-0.39, 0.29) is 36.9 Å². The predicted molar refractivity (Wildman–Crippen MR) is 106 cm³/mol. The van der Waals surface area contributed by atoms with E-state index in [1.165, 1.54) is 0 Å². The standard InChI is InChI=1S/C21H39NO6/c1-5-9-15(10-6-2)20(24)26-14-18-19(17(23)13-22-28-18)27-21(25)16(11-7-3)12-8-4/h15-19,22-23H,5-14H2,1-4H3. The predicted octanol–water partition coefficient (Wildman–Crippen LogP) is 3.14. The van der Waals surface area contributed by atoms with Gasteiger partial charge in [0.25, 0.3) is 0 Å². The fourth-order valence-corrected chi connectivity index (χ4v) is 3.62. The van der Waals surface area contributed by atoms with Gasteiger partial charge in [-0.1, -0.05) is 53.4 Å². The number of aliphatic hydroxyl groups is 1. The van der Waals surface area contributed by atoms with E-state index in [0.29, 0.717) is 0 Å². The molecule has 0 saturated carbocycles. The van der Waals surface area contributed by atoms with Crippen LogP contribution in [-0.4, -0.2) is 48.5 Å². The van der Waals surface area contributed by atoms with E-state index in [2.05, 4.69) is 5.48 Å². The highest BCUT2D eigenvalue weighted by Crippen LogP contribution is 2.21. The lowest BCUT2D eigenvalue weighted by Crippen LogP contribution is -2.56. The lowest BCUT2D eigenvalue weighted by atomic mass is 9.98. The van der Waals surface area contributed by atoms with Gasteiger partial charge in [0.2, 0.25) is 0 Å². The van der Waals surface area contributed by atoms with Crippen LogP contribution in [-0.2, 0) is 23.9 Å². The van der Waals surface area contributed by atoms with Crippen molar-refractivity contribution in [1.29, 1.82) is 0 Å². The van der Waals surface area contributed by atoms with Crippen LogP contribution in [0.15, 0.2) is 0 Å². The smallest absolute Gasteiger partial charge is 0.309 e. The molecule has 3 unspecified atom stereocenters. The first-order chi connectivity index (χ1) is 13.5. The summed E-state index contributed by atoms with van der Waals surface area (Å²) < 4.78 is 11.1. The van der Waals surface area contributed by atoms with Crippen molar-refractivity contribution >= 4 is 11.9 Å². The maximum Gasteiger partial charge on any atom is 0.309 e. The molecule has 7 nitrogen and oxygen atoms in total. The first-order valence-electron chi connectivity index (χ1n) is 10.9. The number of ether oxygens (including phenoxy) is 2. The molecule has 164 valence electrons. The molecule has 1 rings (SSSR count). The summed E-state index contributed by atoms with van der Waals surface area (Å²) in [5.74, 6) is -0.883. The first kappa shape index (κ1) is 24.9. The Bertz CT molecular complexity index is 446. The monoisotopic (exact) mass is 401 g/mol. The highest BCUT2D eigenvalue weighted by molar-refractivity contribution is 5.73. The molecule has 1 aliphatic rings. The zero-order chi connectivity index (χ0) is 20.9. The number of rotatable bonds is 13. The number of hydrogen-bond donors (Lipinski definition) is 2. The molecular formula is C21H39NO6. The zero-order valence-corrected chi connectivity index (χ0v) is 17.9. The molecule has 7 heteroatoms. The van der Waals surface area contributed by atoms with Gasteiger partial charge in [-0.2, -0.15) is 5.48 Å². The highest BCUT2D eigenvalue weighted by Gasteiger charge is 2.39. The molecule has 28 heavy (non-hydrogen) atoms. The second kappa shape index (κ2) is 13.9. The van der Waals surface area contributed by atoms with Crippen LogP contribution < -0.4 is 5.48 Å². The van der Waals surface area contributed by atoms with E-state index in [4.69, 9.17) is 14.3 Å². The van der Waals surface area contributed by atoms with Gasteiger partial charge in [-0.15, -0.1) is 0 Å². The summed E-state index contributed by atoms with van der Waals surface area (Å²) in [6.07, 6.45) is 4.19. The van der Waals surface area contributed by atoms with Crippen LogP contribution in [0.2, 0.25) is 0 Å². The summed E-state index contributed by atoms with van der Waals surface area (Å²) in [5, 5.41) is 10.3. The number of esters is 2. The highest BCUT2D eigenvalue weighted by atomic mass is 16.7. The minimum atomic E-state index is -0.910. The molecule has 0 aromatic carbocycles. The Kier molecular flexibility index (Phi) is 12.3. The zero-order valence-electron chi connectivity index (χ0n) is 17.9. The second-order valence-electron chi connectivity index (χ2n) is 7.65. The fraction of sp³-hybridized carbons (Fsp3) is 0.905. The SMILES string of the molecule is CCCC(CCC)C(=O)OCC1ONCC(O)C1OC(=O)C(CCC)CCC. The maximum atomic E-state index is 12.6. The molecule has 3 atom stereocenters. The third-order valence-electron chi connectivity index (χ3n) is 5.13. The Hall–Kier alpha value is -1.18. The van der Waals surface area contributed by atoms with Crippen molar-refractivity contribution in [3.8, 4) is 0 Å². The van der Waals surface area contributed by atoms with E-state index in [9.17, 15) is 14.7 Å². The number of β-amino-alcohol motifs (C(OH)–C–C–N with tert-alkyl or cyclic N) is 1. The molecule has 0 aliphatic carbocycles. The first-order valence-corrected chi connectivity index (χ1v) is 10.9. The fourth-order valence-electron chi connectivity index (χ4n) is 3.62. The van der Waals surface area contributed by atoms with Gasteiger partial charge in [0, 0.05) is 0 Å². The molecular weight excluding hydrogens is 362 g/mol. The van der Waals surface area contributed by atoms with Crippen LogP contribution in [0.25, 0.3) is 0 Å². The van der Waals surface area contributed by atoms with Crippen molar-refractivity contribution in [3.05, 3.63) is 0 Å². The van der Waals surface area contributed by atoms with Crippen LogP contribution in [0.4, 0.5) is 0 Å². The molecule has 0 radical (unpaired) electrons. The molecule has 1 heterocycles. The number of carbonyl (C=O) groups excluding carboxylic acids is 2. The molecule has 0 aromatic rings. The minimum Gasteiger partial charge on any atom is -0.462 e. The maximum absolute atomic E-state index is 12.6. The van der Waals surface area contributed by atoms with Crippen LogP contribution in [0.3, 0.4) is 0 Å². The van der Waals surface area contributed by atoms with Gasteiger partial charge in [-0.25, -0.2) is 0 Å². The molecule has 1 aliphatic heterocycles. The summed E-state index contributed by atoms with van der Waals surface area (Å²) in [6.45, 7) is 8.24. The van der Waals surface area contributed by atoms with Gasteiger partial charge < -0.3 is 14.6 Å². The minimum absolute atomic E-state index is 0.0585. The lowest BCUT2D eigenvalue weighted by Gasteiger charge is -2.35. The largest absolute Gasteiger partial charge is 0.462 e. The average molecular weight is 402 g/mol. The van der Waals surface area contributed by atoms with Gasteiger partial charge >= 0.3 is 11.9 Å². The van der Waals surface area contributed by atoms with Gasteiger partial charge in [-0.05, 0) is 25.7 Å². The van der Waals surface area contributed by atoms with Gasteiger partial charge in [0.1, 0.15) is 12.7 Å². The third kappa shape index (κ3) is 8.05. The van der Waals surface area contributed by atoms with Crippen molar-refractivity contribution in [2.45, 2.75) is 97.4 Å². The van der Waals surface area contributed by atoms with Crippen LogP contribution in [0.1, 0.15) is 79.1 Å². The molecule has 0 aromatic heterocycles. The number of nitrogens with one attached hydrogen (secondary N) is 1. The molecule has 1 fully saturated rings. The third-order valence-corrected chi connectivity index (χ3v) is 5.13. The van der Waals surface area contributed by atoms with Crippen LogP contribution >= 0.6 is 0 Å². The molecule has 1 saturated heterocycles. The lowest BCUT2D eigenvalue weighted by molar-refractivity contribution is -0.211. The van der Waals surface area contributed by atoms with Gasteiger partial charge in [0.15, 0.2) is 12.2 Å². The average Bonchev–Trinajstić information content (AvgIpc) is 2.67. The number of aliphatic hydroxyl groups excluding tert-OH is 1. The van der Waals surface area contributed by atoms with Crippen molar-refractivity contribution in [2.24, 2.45) is 11.8 Å². The van der Waals surface area contributed by atoms with Crippen LogP contribution in [0, 0.1) is 11.8 Å². The van der Waals surface area contributed by atoms with Gasteiger partial charge in [-0.3, -0.25) is 14.4 Å². The van der Waals surface area contributed by atoms with E-state index < -0.39 is 18.3 Å². The normalized spacial score (nSPS) is 22.5. The topological polar surface area (TPSA) is 94.1 Å². The molecule has 0 amide bonds. The van der Waals surface area contributed by atoms with E-state index in [1.807, 2.05) is 27.7 Å². The number of hydrogen-bond acceptors (Lipinski definition) is 7. The second-order valence-corrected chi connectivity index (χ2v) is 7.65. The Labute approximate surface area is 169 Å². The Morgan fingerprint density at radius 3 is 1.96 bits per heavy atom. The Balaban J connectivity index is 2.69. The summed E-state index contributed by atoms with van der Waals surface area (Å²) in [5.41, 5.74) is 2.64. The Morgan fingerprint density at radius 1 is 0.964 bits per heavy atom. The molecule has 0 bridgehead atoms. The summed E-state index contributed by atoms with van der Waals surface area (Å²) >= 11 is 0. The van der Waals surface area contributed by atoms with Crippen molar-refractivity contribution in [1.82, 2.24) is 5.48 Å². The van der Waals surface area contributed by atoms with Crippen molar-refractivity contribution in [2.75, 3.05) is 13.2 Å². The van der Waals surface area contributed by atoms with Crippen LogP contribution in [0.5, 0.6) is 0 Å². The van der Waals surface area contributed by atoms with Gasteiger partial charge in [0.05, 0.1) is 18.4 Å². The number of carbonyl (C=O) groups is 2. The molecule has 2 N–H and O–H groups in total. The number of hydroxylamine groups is 1. The summed E-state index contributed by atoms with van der Waals surface area (Å²) in [7, 11) is 0. The molecule has 0 spiro atoms. The van der Waals surface area contributed by atoms with E-state index in [0.717, 1.165) is 51.4 Å². The van der Waals surface area contributed by atoms with Crippen molar-refractivity contribution < 1.29 is 29.0 Å². The van der Waals surface area contributed by atoms with E-state index in [1.54, 1.807) is 0 Å². The van der Waals surface area contributed by atoms with Crippen molar-refractivity contribution in [3.63, 3.8) is 0 Å².